The van der Waals surface area contributed by atoms with E-state index in [9.17, 15) is 67.1 Å². The van der Waals surface area contributed by atoms with Gasteiger partial charge in [-0.3, -0.25) is 67.1 Å². The van der Waals surface area contributed by atoms with Gasteiger partial charge in [0.25, 0.3) is 0 Å². The second-order valence-corrected chi connectivity index (χ2v) is 14.0. The third kappa shape index (κ3) is 124. The van der Waals surface area contributed by atoms with Crippen LogP contribution in [-0.4, -0.2) is 155 Å². The molecule has 0 aromatic rings. The Hall–Kier alpha value is -7.42. The summed E-state index contributed by atoms with van der Waals surface area (Å²) in [5, 5.41) is 113. The average Bonchev–Trinajstić information content (AvgIpc) is 3.19. The number of carboxylic acid groups (broad SMARTS) is 14. The fourth-order valence-electron chi connectivity index (χ4n) is 4.00. The minimum absolute atomic E-state index is 0.0628. The Morgan fingerprint density at radius 2 is 0.257 bits per heavy atom. The summed E-state index contributed by atoms with van der Waals surface area (Å²) in [5.41, 5.74) is 0. The van der Waals surface area contributed by atoms with Crippen LogP contribution in [0, 0.1) is 0 Å². The predicted molar refractivity (Wildman–Crippen MR) is 236 cm³/mol. The SMILES string of the molecule is O=C(O)CC(=O)O.O=C(O)CCC(=O)O.O=C(O)CCCC(=O)O.O=C(O)CCCCC(=O)O.O=C(O)CCCCCC(=O)O.O=C(O)CCCCCCC(=O)O.O=C(O)CCCCCCCC(=O)O. The monoisotopic (exact) mass is 1020 g/mol. The van der Waals surface area contributed by atoms with Crippen LogP contribution in [0.5, 0.6) is 0 Å². The van der Waals surface area contributed by atoms with Gasteiger partial charge in [0.05, 0.1) is 12.8 Å². The van der Waals surface area contributed by atoms with Crippen LogP contribution in [-0.2, 0) is 67.1 Å². The highest BCUT2D eigenvalue weighted by Gasteiger charge is 2.04. The fourth-order valence-corrected chi connectivity index (χ4v) is 4.00. The molecule has 0 bridgehead atoms. The van der Waals surface area contributed by atoms with E-state index in [2.05, 4.69) is 0 Å². The highest BCUT2D eigenvalue weighted by atomic mass is 16.4. The zero-order valence-electron chi connectivity index (χ0n) is 38.8. The number of carbonyl (C=O) groups is 14. The first kappa shape index (κ1) is 76.8. The van der Waals surface area contributed by atoms with Crippen molar-refractivity contribution in [1.82, 2.24) is 0 Å². The first-order chi connectivity index (χ1) is 32.4. The van der Waals surface area contributed by atoms with E-state index in [-0.39, 0.29) is 83.5 Å². The molecule has 0 aliphatic rings. The predicted octanol–water partition coefficient (Wildman–Crippen LogP) is 5.01. The molecule has 0 saturated heterocycles. The molecule has 0 amide bonds. The van der Waals surface area contributed by atoms with E-state index < -0.39 is 90.0 Å². The van der Waals surface area contributed by atoms with E-state index in [1.54, 1.807) is 0 Å². The molecule has 0 heterocycles. The quantitative estimate of drug-likeness (QED) is 0.0293. The smallest absolute Gasteiger partial charge is 0.314 e. The standard InChI is InChI=1S/C9H16O4.C8H14O4.C7H12O4.C6H10O4.C5H8O4.C4H6O4.C3H4O4/c10-8(11)6-4-2-1-3-5-7-9(12)13;9-7(10)5-3-1-2-4-6-8(11)12;8-6(9)4-2-1-3-5-7(10)11;7-5(8)3-1-2-4-6(9)10;6-4(7)2-1-3-5(8)9;5-3(6)1-2-4(7)8;4-2(5)1-3(6)7/h1-7H2,(H,10,11)(H,12,13);1-6H2,(H,9,10)(H,11,12);1-5H2,(H,8,9)(H,10,11);1-4H2,(H,7,8)(H,9,10);1-3H2,(H,6,7)(H,8,9);1-2H2,(H,5,6)(H,7,8);1H2,(H,4,5)(H,6,7). The van der Waals surface area contributed by atoms with Crippen molar-refractivity contribution < 1.29 is 139 Å². The summed E-state index contributed by atoms with van der Waals surface area (Å²) in [6.45, 7) is 0. The molecule has 14 N–H and O–H groups in total. The molecule has 0 spiro atoms. The number of hydrogen-bond acceptors (Lipinski definition) is 14. The zero-order valence-corrected chi connectivity index (χ0v) is 38.8. The average molecular weight is 1020 g/mol. The molecule has 0 unspecified atom stereocenters. The van der Waals surface area contributed by atoms with Crippen LogP contribution in [0.25, 0.3) is 0 Å². The topological polar surface area (TPSA) is 522 Å². The minimum Gasteiger partial charge on any atom is -0.481 e. The molecule has 28 heteroatoms. The number of hydrogen-bond donors (Lipinski definition) is 14. The molecule has 0 fully saturated rings. The van der Waals surface area contributed by atoms with Gasteiger partial charge in [-0.1, -0.05) is 38.5 Å². The van der Waals surface area contributed by atoms with Crippen LogP contribution in [0.2, 0.25) is 0 Å². The van der Waals surface area contributed by atoms with Gasteiger partial charge in [0.1, 0.15) is 6.42 Å². The largest absolute Gasteiger partial charge is 0.481 e. The molecule has 70 heavy (non-hydrogen) atoms. The molecule has 0 aromatic carbocycles. The number of unbranched alkanes of at least 4 members (excludes halogenated alkanes) is 10. The highest BCUT2D eigenvalue weighted by Crippen LogP contribution is 2.07. The van der Waals surface area contributed by atoms with Crippen LogP contribution >= 0.6 is 0 Å². The third-order valence-corrected chi connectivity index (χ3v) is 7.26. The molecular formula is C42H70O28. The molecule has 28 nitrogen and oxygen atoms in total. The summed E-state index contributed by atoms with van der Waals surface area (Å²) in [6.07, 6.45) is 9.62. The normalized spacial score (nSPS) is 9.20. The van der Waals surface area contributed by atoms with Crippen molar-refractivity contribution in [3.05, 3.63) is 0 Å². The van der Waals surface area contributed by atoms with E-state index in [4.69, 9.17) is 71.5 Å². The highest BCUT2D eigenvalue weighted by molar-refractivity contribution is 5.88. The van der Waals surface area contributed by atoms with Crippen LogP contribution in [0.1, 0.15) is 180 Å². The zero-order chi connectivity index (χ0) is 55.9. The Balaban J connectivity index is -0.000000133. The van der Waals surface area contributed by atoms with Crippen LogP contribution in [0.4, 0.5) is 0 Å². The van der Waals surface area contributed by atoms with Gasteiger partial charge in [-0.25, -0.2) is 0 Å². The summed E-state index contributed by atoms with van der Waals surface area (Å²) < 4.78 is 0. The van der Waals surface area contributed by atoms with Crippen LogP contribution < -0.4 is 0 Å². The Morgan fingerprint density at radius 3 is 0.386 bits per heavy atom. The van der Waals surface area contributed by atoms with Gasteiger partial charge in [-0.15, -0.1) is 0 Å². The van der Waals surface area contributed by atoms with Crippen molar-refractivity contribution in [2.24, 2.45) is 0 Å². The lowest BCUT2D eigenvalue weighted by Gasteiger charge is -1.97. The molecule has 406 valence electrons. The van der Waals surface area contributed by atoms with E-state index in [0.29, 0.717) is 57.8 Å². The molecule has 0 radical (unpaired) electrons. The lowest BCUT2D eigenvalue weighted by molar-refractivity contribution is -0.148. The summed E-state index contributed by atoms with van der Waals surface area (Å²) in [4.78, 5) is 138. The van der Waals surface area contributed by atoms with Gasteiger partial charge >= 0.3 is 83.6 Å². The molecule has 0 aliphatic heterocycles. The van der Waals surface area contributed by atoms with Gasteiger partial charge in [0.2, 0.25) is 0 Å². The first-order valence-corrected chi connectivity index (χ1v) is 21.4. The van der Waals surface area contributed by atoms with Gasteiger partial charge in [-0.05, 0) is 57.8 Å². The second-order valence-electron chi connectivity index (χ2n) is 14.0. The van der Waals surface area contributed by atoms with Crippen molar-refractivity contribution in [3.8, 4) is 0 Å². The lowest BCUT2D eigenvalue weighted by atomic mass is 10.1. The maximum atomic E-state index is 10.1. The number of rotatable bonds is 35. The van der Waals surface area contributed by atoms with Gasteiger partial charge in [0.15, 0.2) is 0 Å². The van der Waals surface area contributed by atoms with Gasteiger partial charge in [0, 0.05) is 64.2 Å². The minimum atomic E-state index is -1.31. The number of carboxylic acids is 14. The fraction of sp³-hybridized carbons (Fsp3) is 0.667. The summed E-state index contributed by atoms with van der Waals surface area (Å²) in [7, 11) is 0. The Labute approximate surface area is 401 Å². The molecule has 0 saturated carbocycles. The van der Waals surface area contributed by atoms with Crippen LogP contribution in [0.15, 0.2) is 0 Å². The summed E-state index contributed by atoms with van der Waals surface area (Å²) in [5.74, 6) is -13.1. The van der Waals surface area contributed by atoms with Crippen molar-refractivity contribution >= 4 is 83.6 Å². The molecule has 0 aromatic heterocycles. The van der Waals surface area contributed by atoms with E-state index >= 15 is 0 Å². The van der Waals surface area contributed by atoms with E-state index in [1.807, 2.05) is 0 Å². The van der Waals surface area contributed by atoms with Gasteiger partial charge in [-0.2, -0.15) is 0 Å². The molecular weight excluding hydrogens is 952 g/mol. The van der Waals surface area contributed by atoms with Gasteiger partial charge < -0.3 is 71.5 Å². The second kappa shape index (κ2) is 57.7. The summed E-state index contributed by atoms with van der Waals surface area (Å²) in [6, 6.07) is 0. The first-order valence-electron chi connectivity index (χ1n) is 21.4. The Morgan fingerprint density at radius 1 is 0.143 bits per heavy atom. The van der Waals surface area contributed by atoms with Crippen molar-refractivity contribution in [2.45, 2.75) is 180 Å². The number of aliphatic carboxylic acids is 14. The maximum Gasteiger partial charge on any atom is 0.314 e. The summed E-state index contributed by atoms with van der Waals surface area (Å²) >= 11 is 0. The van der Waals surface area contributed by atoms with E-state index in [1.165, 1.54) is 0 Å². The van der Waals surface area contributed by atoms with Crippen molar-refractivity contribution in [3.63, 3.8) is 0 Å². The lowest BCUT2D eigenvalue weighted by Crippen LogP contribution is -2.03. The molecule has 0 atom stereocenters. The van der Waals surface area contributed by atoms with Crippen molar-refractivity contribution in [1.29, 1.82) is 0 Å². The molecule has 0 aliphatic carbocycles. The Bertz CT molecular complexity index is 1430. The maximum absolute atomic E-state index is 10.1. The van der Waals surface area contributed by atoms with E-state index in [0.717, 1.165) is 32.1 Å². The van der Waals surface area contributed by atoms with Crippen LogP contribution in [0.3, 0.4) is 0 Å². The molecule has 0 rings (SSSR count). The Kier molecular flexibility index (Phi) is 63.3. The third-order valence-electron chi connectivity index (χ3n) is 7.26. The van der Waals surface area contributed by atoms with Crippen molar-refractivity contribution in [2.75, 3.05) is 0 Å².